The topological polar surface area (TPSA) is 59.1 Å². The Morgan fingerprint density at radius 3 is 2.68 bits per heavy atom. The van der Waals surface area contributed by atoms with E-state index in [1.165, 1.54) is 32.1 Å². The zero-order valence-corrected chi connectivity index (χ0v) is 12.1. The molecule has 2 atom stereocenters. The maximum Gasteiger partial charge on any atom is 0.204 e. The molecule has 0 aliphatic heterocycles. The van der Waals surface area contributed by atoms with Gasteiger partial charge in [0.15, 0.2) is 11.6 Å². The predicted octanol–water partition coefficient (Wildman–Crippen LogP) is 2.91. The first kappa shape index (κ1) is 13.9. The van der Waals surface area contributed by atoms with Crippen molar-refractivity contribution in [2.45, 2.75) is 45.1 Å². The number of aromatic nitrogens is 2. The summed E-state index contributed by atoms with van der Waals surface area (Å²) in [5, 5.41) is 6.59. The van der Waals surface area contributed by atoms with Crippen LogP contribution in [0.25, 0.3) is 0 Å². The van der Waals surface area contributed by atoms with E-state index in [9.17, 15) is 0 Å². The highest BCUT2D eigenvalue weighted by Gasteiger charge is 2.25. The number of hydrogen-bond donors (Lipinski definition) is 2. The smallest absolute Gasteiger partial charge is 0.204 e. The monoisotopic (exact) mass is 264 g/mol. The molecule has 1 aliphatic carbocycles. The highest BCUT2D eigenvalue weighted by molar-refractivity contribution is 5.63. The molecule has 0 amide bonds. The fourth-order valence-corrected chi connectivity index (χ4v) is 2.91. The first-order valence-corrected chi connectivity index (χ1v) is 7.13. The summed E-state index contributed by atoms with van der Waals surface area (Å²) in [5.41, 5.74) is 0. The van der Waals surface area contributed by atoms with Gasteiger partial charge in [0.25, 0.3) is 0 Å². The van der Waals surface area contributed by atoms with Gasteiger partial charge in [0.2, 0.25) is 5.75 Å². The molecule has 2 rings (SSSR count). The first-order chi connectivity index (χ1) is 9.30. The van der Waals surface area contributed by atoms with Crippen molar-refractivity contribution in [2.75, 3.05) is 24.8 Å². The maximum absolute atomic E-state index is 5.43. The lowest BCUT2D eigenvalue weighted by Gasteiger charge is -2.32. The molecular formula is C14H24N4O. The fraction of sp³-hybridized carbons (Fsp3) is 0.714. The Morgan fingerprint density at radius 1 is 1.26 bits per heavy atom. The second-order valence-electron chi connectivity index (χ2n) is 5.06. The molecule has 1 aliphatic rings. The third-order valence-corrected chi connectivity index (χ3v) is 4.00. The molecular weight excluding hydrogens is 240 g/mol. The minimum absolute atomic E-state index is 0.493. The van der Waals surface area contributed by atoms with Gasteiger partial charge in [-0.1, -0.05) is 26.2 Å². The van der Waals surface area contributed by atoms with E-state index in [1.807, 2.05) is 7.05 Å². The Bertz CT molecular complexity index is 410. The van der Waals surface area contributed by atoms with Crippen LogP contribution in [0.4, 0.5) is 11.6 Å². The van der Waals surface area contributed by atoms with E-state index in [0.29, 0.717) is 11.8 Å². The molecule has 0 spiro atoms. The molecule has 1 aromatic heterocycles. The quantitative estimate of drug-likeness (QED) is 0.856. The van der Waals surface area contributed by atoms with Crippen molar-refractivity contribution in [1.82, 2.24) is 9.97 Å². The average Bonchev–Trinajstić information content (AvgIpc) is 2.47. The molecule has 5 nitrogen and oxygen atoms in total. The number of anilines is 2. The van der Waals surface area contributed by atoms with Crippen LogP contribution in [0.5, 0.6) is 5.75 Å². The molecule has 106 valence electrons. The van der Waals surface area contributed by atoms with Crippen molar-refractivity contribution >= 4 is 11.6 Å². The minimum atomic E-state index is 0.493. The van der Waals surface area contributed by atoms with Crippen LogP contribution in [0.15, 0.2) is 6.33 Å². The second-order valence-corrected chi connectivity index (χ2v) is 5.06. The molecule has 19 heavy (non-hydrogen) atoms. The van der Waals surface area contributed by atoms with Gasteiger partial charge in [-0.05, 0) is 18.8 Å². The average molecular weight is 264 g/mol. The zero-order valence-electron chi connectivity index (χ0n) is 12.1. The Kier molecular flexibility index (Phi) is 4.82. The summed E-state index contributed by atoms with van der Waals surface area (Å²) in [6.07, 6.45) is 7.94. The Hall–Kier alpha value is -1.52. The molecule has 1 fully saturated rings. The van der Waals surface area contributed by atoms with Gasteiger partial charge in [0.05, 0.1) is 7.11 Å². The number of hydrogen-bond acceptors (Lipinski definition) is 5. The van der Waals surface area contributed by atoms with E-state index < -0.39 is 0 Å². The molecule has 0 bridgehead atoms. The molecule has 0 radical (unpaired) electrons. The number of nitrogens with one attached hydrogen (secondary N) is 2. The summed E-state index contributed by atoms with van der Waals surface area (Å²) >= 11 is 0. The lowest BCUT2D eigenvalue weighted by atomic mass is 9.83. The van der Waals surface area contributed by atoms with Crippen molar-refractivity contribution < 1.29 is 4.74 Å². The third kappa shape index (κ3) is 3.08. The standard InChI is InChI=1S/C14H24N4O/c1-4-10-7-5-6-8-11(10)18-14-12(19-3)13(15-2)16-9-17-14/h9-11H,4-8H2,1-3H3,(H2,15,16,17,18). The molecule has 1 heterocycles. The highest BCUT2D eigenvalue weighted by Crippen LogP contribution is 2.33. The third-order valence-electron chi connectivity index (χ3n) is 4.00. The van der Waals surface area contributed by atoms with Gasteiger partial charge in [-0.2, -0.15) is 0 Å². The number of nitrogens with zero attached hydrogens (tertiary/aromatic N) is 2. The molecule has 0 aromatic carbocycles. The molecule has 2 N–H and O–H groups in total. The lowest BCUT2D eigenvalue weighted by molar-refractivity contribution is 0.315. The first-order valence-electron chi connectivity index (χ1n) is 7.13. The van der Waals surface area contributed by atoms with E-state index in [0.717, 1.165) is 17.6 Å². The summed E-state index contributed by atoms with van der Waals surface area (Å²) in [5.74, 6) is 2.95. The Labute approximate surface area is 115 Å². The van der Waals surface area contributed by atoms with Crippen LogP contribution in [-0.4, -0.2) is 30.2 Å². The summed E-state index contributed by atoms with van der Waals surface area (Å²) in [4.78, 5) is 8.51. The highest BCUT2D eigenvalue weighted by atomic mass is 16.5. The lowest BCUT2D eigenvalue weighted by Crippen LogP contribution is -2.32. The minimum Gasteiger partial charge on any atom is -0.490 e. The number of methoxy groups -OCH3 is 1. The summed E-state index contributed by atoms with van der Waals surface area (Å²) in [7, 11) is 3.49. The van der Waals surface area contributed by atoms with Gasteiger partial charge in [-0.25, -0.2) is 9.97 Å². The molecule has 5 heteroatoms. The van der Waals surface area contributed by atoms with Crippen molar-refractivity contribution in [3.8, 4) is 5.75 Å². The van der Waals surface area contributed by atoms with Crippen molar-refractivity contribution in [2.24, 2.45) is 5.92 Å². The second kappa shape index (κ2) is 6.59. The van der Waals surface area contributed by atoms with Crippen molar-refractivity contribution in [3.05, 3.63) is 6.33 Å². The summed E-state index contributed by atoms with van der Waals surface area (Å²) in [6, 6.07) is 0.493. The van der Waals surface area contributed by atoms with Gasteiger partial charge in [-0.15, -0.1) is 0 Å². The van der Waals surface area contributed by atoms with E-state index in [-0.39, 0.29) is 0 Å². The SMILES string of the molecule is CCC1CCCCC1Nc1ncnc(NC)c1OC. The molecule has 2 unspecified atom stereocenters. The summed E-state index contributed by atoms with van der Waals surface area (Å²) in [6.45, 7) is 2.26. The normalized spacial score (nSPS) is 22.9. The Balaban J connectivity index is 2.17. The number of ether oxygens (including phenoxy) is 1. The van der Waals surface area contributed by atoms with E-state index in [4.69, 9.17) is 4.74 Å². The van der Waals surface area contributed by atoms with Crippen LogP contribution >= 0.6 is 0 Å². The van der Waals surface area contributed by atoms with Crippen molar-refractivity contribution in [3.63, 3.8) is 0 Å². The molecule has 1 saturated carbocycles. The van der Waals surface area contributed by atoms with Crippen LogP contribution in [0, 0.1) is 5.92 Å². The van der Waals surface area contributed by atoms with Crippen LogP contribution in [0.1, 0.15) is 39.0 Å². The van der Waals surface area contributed by atoms with Gasteiger partial charge < -0.3 is 15.4 Å². The number of rotatable bonds is 5. The molecule has 1 aromatic rings. The van der Waals surface area contributed by atoms with Crippen LogP contribution in [0.2, 0.25) is 0 Å². The largest absolute Gasteiger partial charge is 0.490 e. The summed E-state index contributed by atoms with van der Waals surface area (Å²) < 4.78 is 5.43. The fourth-order valence-electron chi connectivity index (χ4n) is 2.91. The predicted molar refractivity (Wildman–Crippen MR) is 77.8 cm³/mol. The van der Waals surface area contributed by atoms with E-state index in [2.05, 4.69) is 27.5 Å². The van der Waals surface area contributed by atoms with E-state index in [1.54, 1.807) is 13.4 Å². The van der Waals surface area contributed by atoms with Gasteiger partial charge in [-0.3, -0.25) is 0 Å². The van der Waals surface area contributed by atoms with Crippen LogP contribution < -0.4 is 15.4 Å². The van der Waals surface area contributed by atoms with Crippen LogP contribution in [-0.2, 0) is 0 Å². The van der Waals surface area contributed by atoms with Crippen molar-refractivity contribution in [1.29, 1.82) is 0 Å². The maximum atomic E-state index is 5.43. The van der Waals surface area contributed by atoms with E-state index >= 15 is 0 Å². The molecule has 0 saturated heterocycles. The van der Waals surface area contributed by atoms with Gasteiger partial charge in [0, 0.05) is 13.1 Å². The van der Waals surface area contributed by atoms with Crippen LogP contribution in [0.3, 0.4) is 0 Å². The van der Waals surface area contributed by atoms with Gasteiger partial charge >= 0.3 is 0 Å². The zero-order chi connectivity index (χ0) is 13.7. The van der Waals surface area contributed by atoms with Gasteiger partial charge in [0.1, 0.15) is 6.33 Å². The Morgan fingerprint density at radius 2 is 2.00 bits per heavy atom.